The summed E-state index contributed by atoms with van der Waals surface area (Å²) in [6.07, 6.45) is 1.16. The number of rotatable bonds is 4. The molecule has 0 aliphatic heterocycles. The molecular weight excluding hydrogens is 144 g/mol. The standard InChI is InChI=1S/C8H18OS/c1-7(2)5-8(3,4)10-6-9/h7,9H,5-6H2,1-4H3. The van der Waals surface area contributed by atoms with Crippen LogP contribution in [0.2, 0.25) is 0 Å². The van der Waals surface area contributed by atoms with Crippen LogP contribution in [0.15, 0.2) is 0 Å². The second kappa shape index (κ2) is 4.24. The highest BCUT2D eigenvalue weighted by atomic mass is 32.2. The minimum absolute atomic E-state index is 0.236. The monoisotopic (exact) mass is 162 g/mol. The summed E-state index contributed by atoms with van der Waals surface area (Å²) in [7, 11) is 0. The van der Waals surface area contributed by atoms with Gasteiger partial charge in [-0.1, -0.05) is 27.7 Å². The molecule has 10 heavy (non-hydrogen) atoms. The Balaban J connectivity index is 3.63. The quantitative estimate of drug-likeness (QED) is 0.641. The van der Waals surface area contributed by atoms with E-state index in [0.717, 1.165) is 6.42 Å². The predicted molar refractivity (Wildman–Crippen MR) is 48.2 cm³/mol. The van der Waals surface area contributed by atoms with E-state index in [9.17, 15) is 0 Å². The maximum absolute atomic E-state index is 8.68. The molecule has 1 nitrogen and oxygen atoms in total. The lowest BCUT2D eigenvalue weighted by molar-refractivity contribution is 0.370. The van der Waals surface area contributed by atoms with Gasteiger partial charge < -0.3 is 5.11 Å². The number of aliphatic hydroxyl groups excluding tert-OH is 1. The van der Waals surface area contributed by atoms with Crippen LogP contribution >= 0.6 is 11.8 Å². The molecule has 1 N–H and O–H groups in total. The fourth-order valence-corrected chi connectivity index (χ4v) is 2.02. The van der Waals surface area contributed by atoms with Gasteiger partial charge in [0.05, 0.1) is 5.94 Å². The minimum Gasteiger partial charge on any atom is -0.386 e. The van der Waals surface area contributed by atoms with Crippen LogP contribution < -0.4 is 0 Å². The van der Waals surface area contributed by atoms with Crippen molar-refractivity contribution in [1.29, 1.82) is 0 Å². The number of aliphatic hydroxyl groups is 1. The number of hydrogen-bond acceptors (Lipinski definition) is 2. The summed E-state index contributed by atoms with van der Waals surface area (Å²) >= 11 is 1.62. The molecule has 0 bridgehead atoms. The van der Waals surface area contributed by atoms with Gasteiger partial charge in [0, 0.05) is 4.75 Å². The summed E-state index contributed by atoms with van der Waals surface area (Å²) in [4.78, 5) is 0. The van der Waals surface area contributed by atoms with Crippen molar-refractivity contribution >= 4 is 11.8 Å². The molecule has 0 aromatic carbocycles. The zero-order valence-corrected chi connectivity index (χ0v) is 8.16. The van der Waals surface area contributed by atoms with Gasteiger partial charge in [-0.25, -0.2) is 0 Å². The van der Waals surface area contributed by atoms with Crippen molar-refractivity contribution in [2.24, 2.45) is 5.92 Å². The van der Waals surface area contributed by atoms with Gasteiger partial charge in [-0.15, -0.1) is 11.8 Å². The van der Waals surface area contributed by atoms with E-state index in [4.69, 9.17) is 5.11 Å². The van der Waals surface area contributed by atoms with Crippen LogP contribution in [-0.2, 0) is 0 Å². The molecule has 0 aliphatic carbocycles. The molecule has 0 aromatic rings. The fraction of sp³-hybridized carbons (Fsp3) is 1.00. The molecule has 0 amide bonds. The molecule has 0 fully saturated rings. The van der Waals surface area contributed by atoms with Crippen molar-refractivity contribution in [3.05, 3.63) is 0 Å². The predicted octanol–water partition coefficient (Wildman–Crippen LogP) is 2.49. The van der Waals surface area contributed by atoms with Crippen LogP contribution in [0.1, 0.15) is 34.1 Å². The molecule has 0 saturated carbocycles. The SMILES string of the molecule is CC(C)CC(C)(C)SCO. The highest BCUT2D eigenvalue weighted by Crippen LogP contribution is 2.30. The minimum atomic E-state index is 0.236. The van der Waals surface area contributed by atoms with E-state index >= 15 is 0 Å². The second-order valence-electron chi connectivity index (χ2n) is 3.63. The van der Waals surface area contributed by atoms with Gasteiger partial charge in [0.1, 0.15) is 0 Å². The van der Waals surface area contributed by atoms with Crippen molar-refractivity contribution in [3.8, 4) is 0 Å². The highest BCUT2D eigenvalue weighted by molar-refractivity contribution is 8.00. The fourth-order valence-electron chi connectivity index (χ4n) is 1.22. The van der Waals surface area contributed by atoms with Crippen LogP contribution in [0.4, 0.5) is 0 Å². The average molecular weight is 162 g/mol. The molecule has 0 aliphatic rings. The first-order valence-corrected chi connectivity index (χ1v) is 4.71. The normalized spacial score (nSPS) is 12.6. The molecule has 0 atom stereocenters. The van der Waals surface area contributed by atoms with Crippen molar-refractivity contribution < 1.29 is 5.11 Å². The smallest absolute Gasteiger partial charge is 0.0891 e. The summed E-state index contributed by atoms with van der Waals surface area (Å²) in [6.45, 7) is 8.77. The topological polar surface area (TPSA) is 20.2 Å². The van der Waals surface area contributed by atoms with Gasteiger partial charge >= 0.3 is 0 Å². The molecule has 0 unspecified atom stereocenters. The molecule has 0 rings (SSSR count). The Hall–Kier alpha value is 0.310. The van der Waals surface area contributed by atoms with Crippen LogP contribution in [-0.4, -0.2) is 15.8 Å². The Morgan fingerprint density at radius 2 is 1.90 bits per heavy atom. The molecule has 2 heteroatoms. The van der Waals surface area contributed by atoms with Gasteiger partial charge in [0.25, 0.3) is 0 Å². The summed E-state index contributed by atoms with van der Waals surface area (Å²) in [5.74, 6) is 0.953. The van der Waals surface area contributed by atoms with Gasteiger partial charge in [-0.05, 0) is 12.3 Å². The maximum atomic E-state index is 8.68. The average Bonchev–Trinajstić information content (AvgIpc) is 1.59. The van der Waals surface area contributed by atoms with Gasteiger partial charge in [-0.3, -0.25) is 0 Å². The Labute approximate surface area is 68.2 Å². The Kier molecular flexibility index (Phi) is 4.37. The molecule has 0 aromatic heterocycles. The lowest BCUT2D eigenvalue weighted by Crippen LogP contribution is -2.18. The van der Waals surface area contributed by atoms with Crippen molar-refractivity contribution in [2.45, 2.75) is 38.9 Å². The molecule has 0 heterocycles. The lowest BCUT2D eigenvalue weighted by atomic mass is 10.0. The summed E-state index contributed by atoms with van der Waals surface area (Å²) in [5, 5.41) is 8.68. The molecule has 0 saturated heterocycles. The third kappa shape index (κ3) is 5.12. The maximum Gasteiger partial charge on any atom is 0.0891 e. The number of thioether (sulfide) groups is 1. The van der Waals surface area contributed by atoms with E-state index in [0.29, 0.717) is 5.92 Å². The second-order valence-corrected chi connectivity index (χ2v) is 5.28. The van der Waals surface area contributed by atoms with Crippen LogP contribution in [0, 0.1) is 5.92 Å². The Morgan fingerprint density at radius 1 is 1.40 bits per heavy atom. The van der Waals surface area contributed by atoms with Crippen LogP contribution in [0.3, 0.4) is 0 Å². The lowest BCUT2D eigenvalue weighted by Gasteiger charge is -2.24. The van der Waals surface area contributed by atoms with Crippen LogP contribution in [0.5, 0.6) is 0 Å². The first kappa shape index (κ1) is 10.3. The Bertz CT molecular complexity index is 89.3. The zero-order chi connectivity index (χ0) is 8.20. The third-order valence-corrected chi connectivity index (χ3v) is 2.43. The molecular formula is C8H18OS. The van der Waals surface area contributed by atoms with Gasteiger partial charge in [0.2, 0.25) is 0 Å². The largest absolute Gasteiger partial charge is 0.386 e. The van der Waals surface area contributed by atoms with Gasteiger partial charge in [0.15, 0.2) is 0 Å². The summed E-state index contributed by atoms with van der Waals surface area (Å²) in [6, 6.07) is 0. The zero-order valence-electron chi connectivity index (χ0n) is 7.35. The van der Waals surface area contributed by atoms with Crippen LogP contribution in [0.25, 0.3) is 0 Å². The first-order chi connectivity index (χ1) is 4.48. The van der Waals surface area contributed by atoms with E-state index in [2.05, 4.69) is 27.7 Å². The highest BCUT2D eigenvalue weighted by Gasteiger charge is 2.18. The molecule has 62 valence electrons. The first-order valence-electron chi connectivity index (χ1n) is 3.73. The van der Waals surface area contributed by atoms with E-state index in [1.807, 2.05) is 0 Å². The van der Waals surface area contributed by atoms with E-state index in [-0.39, 0.29) is 10.7 Å². The molecule has 0 spiro atoms. The van der Waals surface area contributed by atoms with Gasteiger partial charge in [-0.2, -0.15) is 0 Å². The van der Waals surface area contributed by atoms with E-state index < -0.39 is 0 Å². The summed E-state index contributed by atoms with van der Waals surface area (Å²) in [5.41, 5.74) is 0. The third-order valence-electron chi connectivity index (χ3n) is 1.36. The summed E-state index contributed by atoms with van der Waals surface area (Å²) < 4.78 is 0.239. The van der Waals surface area contributed by atoms with E-state index in [1.54, 1.807) is 11.8 Å². The van der Waals surface area contributed by atoms with Crippen molar-refractivity contribution in [3.63, 3.8) is 0 Å². The van der Waals surface area contributed by atoms with E-state index in [1.165, 1.54) is 0 Å². The van der Waals surface area contributed by atoms with Crippen molar-refractivity contribution in [1.82, 2.24) is 0 Å². The number of hydrogen-bond donors (Lipinski definition) is 1. The molecule has 0 radical (unpaired) electrons. The van der Waals surface area contributed by atoms with Crippen molar-refractivity contribution in [2.75, 3.05) is 5.94 Å². The Morgan fingerprint density at radius 3 is 2.20 bits per heavy atom.